The molecule has 1 aliphatic heterocycles. The van der Waals surface area contributed by atoms with Crippen molar-refractivity contribution in [2.45, 2.75) is 0 Å². The normalized spacial score (nSPS) is 12.9. The van der Waals surface area contributed by atoms with Gasteiger partial charge in [0.2, 0.25) is 0 Å². The zero-order chi connectivity index (χ0) is 39.6. The molecule has 1 radical (unpaired) electrons. The molecule has 12 nitrogen and oxygen atoms in total. The van der Waals surface area contributed by atoms with Gasteiger partial charge in [0.15, 0.2) is 0 Å². The molecule has 1 aliphatic rings. The van der Waals surface area contributed by atoms with E-state index in [9.17, 15) is 0 Å². The van der Waals surface area contributed by atoms with Gasteiger partial charge in [-0.25, -0.2) is 54.8 Å². The highest BCUT2D eigenvalue weighted by Crippen LogP contribution is 2.41. The maximum atomic E-state index is 4.95. The third kappa shape index (κ3) is 7.16. The van der Waals surface area contributed by atoms with Gasteiger partial charge in [0.1, 0.15) is 113 Å². The van der Waals surface area contributed by atoms with E-state index in [2.05, 4.69) is 37.2 Å². The highest BCUT2D eigenvalue weighted by molar-refractivity contribution is 8.02. The van der Waals surface area contributed by atoms with Crippen LogP contribution in [0.5, 0.6) is 0 Å². The van der Waals surface area contributed by atoms with Crippen LogP contribution < -0.4 is 4.90 Å². The van der Waals surface area contributed by atoms with Crippen molar-refractivity contribution >= 4 is 148 Å². The number of hydrogen-bond donors (Lipinski definition) is 0. The molecule has 0 saturated heterocycles. The van der Waals surface area contributed by atoms with Gasteiger partial charge in [0.25, 0.3) is 0 Å². The summed E-state index contributed by atoms with van der Waals surface area (Å²) in [7, 11) is 0. The van der Waals surface area contributed by atoms with Crippen LogP contribution in [0.1, 0.15) is 5.01 Å². The Bertz CT molecular complexity index is 3270. The van der Waals surface area contributed by atoms with E-state index < -0.39 is 0 Å². The molecule has 0 saturated carbocycles. The minimum absolute atomic E-state index is 0.818. The molecule has 0 N–H and O–H groups in total. The number of aromatic nitrogens is 11. The predicted molar refractivity (Wildman–Crippen MR) is 256 cm³/mol. The van der Waals surface area contributed by atoms with Gasteiger partial charge >= 0.3 is 0 Å². The first kappa shape index (κ1) is 37.6. The first-order chi connectivity index (χ1) is 29.6. The summed E-state index contributed by atoms with van der Waals surface area (Å²) in [6, 6.07) is 0. The van der Waals surface area contributed by atoms with Crippen LogP contribution in [0.25, 0.3) is 102 Å². The van der Waals surface area contributed by atoms with Crippen molar-refractivity contribution in [2.24, 2.45) is 0 Å². The first-order valence-corrected chi connectivity index (χ1v) is 27.9. The van der Waals surface area contributed by atoms with Crippen LogP contribution in [-0.4, -0.2) is 60.7 Å². The highest BCUT2D eigenvalue weighted by Gasteiger charge is 2.24. The summed E-state index contributed by atoms with van der Waals surface area (Å²) < 4.78 is 0. The maximum Gasteiger partial charge on any atom is 0.144 e. The fourth-order valence-electron chi connectivity index (χ4n) is 5.74. The molecule has 11 aromatic heterocycles. The van der Waals surface area contributed by atoms with Crippen molar-refractivity contribution in [1.29, 1.82) is 0 Å². The van der Waals surface area contributed by atoms with Crippen LogP contribution in [0.15, 0.2) is 70.1 Å². The Labute approximate surface area is 387 Å². The van der Waals surface area contributed by atoms with Crippen LogP contribution >= 0.6 is 136 Å². The number of rotatable bonds is 11. The minimum atomic E-state index is 0.818. The summed E-state index contributed by atoms with van der Waals surface area (Å²) in [6.07, 6.45) is 2.86. The summed E-state index contributed by atoms with van der Waals surface area (Å²) in [5.74, 6) is 1.79. The van der Waals surface area contributed by atoms with Crippen LogP contribution in [0.3, 0.4) is 0 Å². The fourth-order valence-corrected chi connectivity index (χ4v) is 15.4. The Morgan fingerprint density at radius 2 is 0.750 bits per heavy atom. The third-order valence-electron chi connectivity index (χ3n) is 8.50. The Hall–Kier alpha value is -4.18. The molecule has 11 aromatic rings. The molecule has 0 unspecified atom stereocenters. The molecule has 12 rings (SSSR count). The summed E-state index contributed by atoms with van der Waals surface area (Å²) in [4.78, 5) is 55.0. The predicted octanol–water partition coefficient (Wildman–Crippen LogP) is 13.0. The second-order valence-electron chi connectivity index (χ2n) is 12.2. The molecular formula is C36H15N12S12. The number of hydrogen-bond acceptors (Lipinski definition) is 24. The lowest BCUT2D eigenvalue weighted by Crippen LogP contribution is -2.16. The van der Waals surface area contributed by atoms with Gasteiger partial charge in [-0.3, -0.25) is 0 Å². The molecule has 0 fully saturated rings. The van der Waals surface area contributed by atoms with E-state index in [1.807, 2.05) is 53.9 Å². The second-order valence-corrected chi connectivity index (χ2v) is 22.3. The van der Waals surface area contributed by atoms with Crippen LogP contribution in [-0.2, 0) is 0 Å². The van der Waals surface area contributed by atoms with E-state index in [1.54, 1.807) is 125 Å². The fraction of sp³-hybridized carbons (Fsp3) is 0.0278. The van der Waals surface area contributed by atoms with Crippen molar-refractivity contribution in [1.82, 2.24) is 54.8 Å². The lowest BCUT2D eigenvalue weighted by Gasteiger charge is -2.16. The monoisotopic (exact) mass is 999 g/mol. The quantitative estimate of drug-likeness (QED) is 0.121. The third-order valence-corrected chi connectivity index (χ3v) is 18.4. The molecule has 60 heavy (non-hydrogen) atoms. The van der Waals surface area contributed by atoms with Crippen molar-refractivity contribution in [3.05, 3.63) is 81.3 Å². The molecule has 0 atom stereocenters. The zero-order valence-electron chi connectivity index (χ0n) is 29.5. The van der Waals surface area contributed by atoms with Gasteiger partial charge in [0, 0.05) is 59.2 Å². The topological polar surface area (TPSA) is 145 Å². The van der Waals surface area contributed by atoms with Crippen LogP contribution in [0.2, 0.25) is 0 Å². The number of nitrogens with zero attached hydrogens (tertiary/aromatic N) is 12. The van der Waals surface area contributed by atoms with Crippen molar-refractivity contribution in [2.75, 3.05) is 10.8 Å². The lowest BCUT2D eigenvalue weighted by molar-refractivity contribution is 1.14. The molecule has 0 aliphatic carbocycles. The van der Waals surface area contributed by atoms with E-state index in [0.717, 1.165) is 119 Å². The summed E-state index contributed by atoms with van der Waals surface area (Å²) in [6.45, 7) is 0. The van der Waals surface area contributed by atoms with Gasteiger partial charge in [-0.05, 0) is 5.41 Å². The smallest absolute Gasteiger partial charge is 0.144 e. The molecule has 0 spiro atoms. The molecule has 12 heterocycles. The lowest BCUT2D eigenvalue weighted by atomic mass is 10.4. The zero-order valence-corrected chi connectivity index (χ0v) is 39.3. The Morgan fingerprint density at radius 3 is 1.08 bits per heavy atom. The molecule has 291 valence electrons. The molecule has 0 aromatic carbocycles. The van der Waals surface area contributed by atoms with Gasteiger partial charge < -0.3 is 4.90 Å². The minimum Gasteiger partial charge on any atom is -0.312 e. The van der Waals surface area contributed by atoms with Crippen molar-refractivity contribution in [3.63, 3.8) is 0 Å². The number of thioether (sulfide) groups is 1. The average Bonchev–Trinajstić information content (AvgIpc) is 4.14. The van der Waals surface area contributed by atoms with Gasteiger partial charge in [-0.15, -0.1) is 136 Å². The molecular weight excluding hydrogens is 985 g/mol. The molecule has 24 heteroatoms. The first-order valence-electron chi connectivity index (χ1n) is 17.1. The molecule has 0 bridgehead atoms. The largest absolute Gasteiger partial charge is 0.312 e. The van der Waals surface area contributed by atoms with Crippen LogP contribution in [0, 0.1) is 6.20 Å². The maximum absolute atomic E-state index is 4.95. The van der Waals surface area contributed by atoms with Crippen LogP contribution in [0.4, 0.5) is 5.82 Å². The summed E-state index contributed by atoms with van der Waals surface area (Å²) >= 11 is 19.0. The summed E-state index contributed by atoms with van der Waals surface area (Å²) in [5, 5.41) is 32.9. The standard InChI is InChI=1S/C36H15N12S12/c1-2-51-27(37-1)16-3-52-28(39-16)17-4-53-29(40-17)18-5-54-30(41-18)19-6-55-31(42-19)20-7-56-32(43-20)21-8-57-33(44-21)22-9-58-34(45-22)23-10-59-35(46-23)24-11-60-36(47-24)25-12-50-15-48(25)26-13-49-14-38-26/h2-14H,15H2. The highest BCUT2D eigenvalue weighted by atomic mass is 32.2. The van der Waals surface area contributed by atoms with E-state index in [0.29, 0.717) is 0 Å². The second kappa shape index (κ2) is 15.9. The van der Waals surface area contributed by atoms with E-state index in [-0.39, 0.29) is 0 Å². The van der Waals surface area contributed by atoms with Crippen molar-refractivity contribution < 1.29 is 0 Å². The van der Waals surface area contributed by atoms with E-state index in [4.69, 9.17) is 44.9 Å². The van der Waals surface area contributed by atoms with Gasteiger partial charge in [-0.1, -0.05) is 0 Å². The average molecular weight is 1000 g/mol. The molecule has 0 amide bonds. The van der Waals surface area contributed by atoms with E-state index >= 15 is 0 Å². The van der Waals surface area contributed by atoms with Gasteiger partial charge in [-0.2, -0.15) is 0 Å². The number of anilines is 1. The number of thiazole rings is 11. The SMILES string of the molecule is [c]1csc(-c2csc(-c3csc(-c4csc(-c5csc(-c6csc(-c7csc(-c8csc(-c9csc(-c%10csc(C%11=CSCN%11c%11cscn%11)n%10)n9)n8)n7)n6)n5)n4)n3)n2)n1. The summed E-state index contributed by atoms with van der Waals surface area (Å²) in [5.41, 5.74) is 10.4. The Kier molecular flexibility index (Phi) is 9.98. The Balaban J connectivity index is 0.710. The van der Waals surface area contributed by atoms with Crippen molar-refractivity contribution in [3.8, 4) is 96.3 Å². The Morgan fingerprint density at radius 1 is 0.400 bits per heavy atom. The van der Waals surface area contributed by atoms with Gasteiger partial charge in [0.05, 0.1) is 17.1 Å². The van der Waals surface area contributed by atoms with E-state index in [1.165, 1.54) is 11.3 Å².